The Labute approximate surface area is 183 Å². The summed E-state index contributed by atoms with van der Waals surface area (Å²) >= 11 is 6.23. The molecule has 1 atom stereocenters. The highest BCUT2D eigenvalue weighted by atomic mass is 35.5. The maximum atomic E-state index is 13.2. The van der Waals surface area contributed by atoms with Crippen LogP contribution in [0.4, 0.5) is 10.1 Å². The maximum absolute atomic E-state index is 13.2. The highest BCUT2D eigenvalue weighted by molar-refractivity contribution is 6.33. The lowest BCUT2D eigenvalue weighted by molar-refractivity contribution is -0.120. The monoisotopic (exact) mass is 439 g/mol. The molecule has 8 heteroatoms. The van der Waals surface area contributed by atoms with Gasteiger partial charge in [0.1, 0.15) is 29.9 Å². The van der Waals surface area contributed by atoms with E-state index in [9.17, 15) is 14.0 Å². The van der Waals surface area contributed by atoms with Crippen molar-refractivity contribution in [2.75, 3.05) is 18.6 Å². The van der Waals surface area contributed by atoms with E-state index in [4.69, 9.17) is 16.3 Å². The second-order valence-electron chi connectivity index (χ2n) is 7.24. The van der Waals surface area contributed by atoms with E-state index in [0.29, 0.717) is 27.7 Å². The molecule has 0 spiro atoms. The molecule has 6 nitrogen and oxygen atoms in total. The minimum absolute atomic E-state index is 0.0101. The number of nitrogens with zero attached hydrogens (tertiary/aromatic N) is 2. The van der Waals surface area contributed by atoms with Gasteiger partial charge in [0.15, 0.2) is 0 Å². The zero-order chi connectivity index (χ0) is 22.1. The number of likely N-dealkylation sites (N-methyl/N-ethyl adjacent to an activating group) is 1. The van der Waals surface area contributed by atoms with Crippen LogP contribution in [0.2, 0.25) is 5.02 Å². The van der Waals surface area contributed by atoms with Gasteiger partial charge in [-0.15, -0.1) is 0 Å². The highest BCUT2D eigenvalue weighted by Gasteiger charge is 2.31. The molecule has 158 valence electrons. The van der Waals surface area contributed by atoms with Crippen LogP contribution in [0.3, 0.4) is 0 Å². The average molecular weight is 440 g/mol. The molecule has 0 saturated heterocycles. The Hall–Kier alpha value is -3.45. The Morgan fingerprint density at radius 3 is 2.68 bits per heavy atom. The van der Waals surface area contributed by atoms with Gasteiger partial charge in [-0.1, -0.05) is 17.7 Å². The van der Waals surface area contributed by atoms with E-state index in [-0.39, 0.29) is 24.0 Å². The predicted molar refractivity (Wildman–Crippen MR) is 116 cm³/mol. The van der Waals surface area contributed by atoms with Crippen LogP contribution in [0, 0.1) is 12.7 Å². The van der Waals surface area contributed by atoms with Gasteiger partial charge in [-0.3, -0.25) is 9.59 Å². The molecule has 0 unspecified atom stereocenters. The van der Waals surface area contributed by atoms with Crippen LogP contribution in [0.1, 0.15) is 16.1 Å². The van der Waals surface area contributed by atoms with Gasteiger partial charge in [-0.2, -0.15) is 0 Å². The lowest BCUT2D eigenvalue weighted by Gasteiger charge is -2.20. The molecule has 31 heavy (non-hydrogen) atoms. The maximum Gasteiger partial charge on any atom is 0.270 e. The highest BCUT2D eigenvalue weighted by Crippen LogP contribution is 2.31. The topological polar surface area (TPSA) is 71.5 Å². The van der Waals surface area contributed by atoms with Crippen molar-refractivity contribution in [1.29, 1.82) is 0 Å². The molecule has 4 rings (SSSR count). The second-order valence-corrected chi connectivity index (χ2v) is 7.65. The number of aryl methyl sites for hydroxylation is 1. The molecule has 0 radical (unpaired) electrons. The minimum Gasteiger partial charge on any atom is -0.489 e. The summed E-state index contributed by atoms with van der Waals surface area (Å²) in [5.74, 6) is -0.655. The standard InChI is InChI=1S/C23H19ClFN3O3/c1-13-3-10-19-20(11-13)31-12-18(23(30)28(19)2)27-22(29)17-9-8-16(24)21(26-17)14-4-6-15(25)7-5-14/h3-11,18H,12H2,1-2H3,(H,27,29)/t18-/m0/s1. The molecule has 0 fully saturated rings. The summed E-state index contributed by atoms with van der Waals surface area (Å²) < 4.78 is 19.0. The number of benzene rings is 2. The number of halogens is 2. The zero-order valence-electron chi connectivity index (χ0n) is 16.9. The van der Waals surface area contributed by atoms with Crippen molar-refractivity contribution in [2.24, 2.45) is 0 Å². The number of hydrogen-bond acceptors (Lipinski definition) is 4. The van der Waals surface area contributed by atoms with E-state index in [1.807, 2.05) is 25.1 Å². The van der Waals surface area contributed by atoms with Crippen molar-refractivity contribution in [3.63, 3.8) is 0 Å². The second kappa shape index (κ2) is 8.35. The molecule has 0 saturated carbocycles. The molecule has 0 bridgehead atoms. The molecule has 1 N–H and O–H groups in total. The lowest BCUT2D eigenvalue weighted by atomic mass is 10.1. The summed E-state index contributed by atoms with van der Waals surface area (Å²) in [6.45, 7) is 1.92. The van der Waals surface area contributed by atoms with E-state index in [1.165, 1.54) is 35.2 Å². The normalized spacial score (nSPS) is 15.7. The van der Waals surface area contributed by atoms with Gasteiger partial charge in [0, 0.05) is 12.6 Å². The van der Waals surface area contributed by atoms with Crippen LogP contribution in [-0.4, -0.2) is 36.5 Å². The number of hydrogen-bond donors (Lipinski definition) is 1. The van der Waals surface area contributed by atoms with Gasteiger partial charge in [-0.05, 0) is 61.0 Å². The number of pyridine rings is 1. The quantitative estimate of drug-likeness (QED) is 0.669. The number of ether oxygens (including phenoxy) is 1. The van der Waals surface area contributed by atoms with Crippen LogP contribution in [0.5, 0.6) is 5.75 Å². The Morgan fingerprint density at radius 1 is 1.19 bits per heavy atom. The molecule has 2 amide bonds. The van der Waals surface area contributed by atoms with Crippen molar-refractivity contribution in [1.82, 2.24) is 10.3 Å². The number of anilines is 1. The van der Waals surface area contributed by atoms with Gasteiger partial charge >= 0.3 is 0 Å². The van der Waals surface area contributed by atoms with Crippen molar-refractivity contribution in [3.8, 4) is 17.0 Å². The number of nitrogens with one attached hydrogen (secondary N) is 1. The Bertz CT molecular complexity index is 1170. The third-order valence-corrected chi connectivity index (χ3v) is 5.32. The van der Waals surface area contributed by atoms with Gasteiger partial charge in [-0.25, -0.2) is 9.37 Å². The number of carbonyl (C=O) groups excluding carboxylic acids is 2. The van der Waals surface area contributed by atoms with Crippen LogP contribution in [0.15, 0.2) is 54.6 Å². The largest absolute Gasteiger partial charge is 0.489 e. The zero-order valence-corrected chi connectivity index (χ0v) is 17.6. The first kappa shape index (κ1) is 20.8. The van der Waals surface area contributed by atoms with Gasteiger partial charge in [0.25, 0.3) is 11.8 Å². The Kier molecular flexibility index (Phi) is 5.61. The number of aromatic nitrogens is 1. The molecular formula is C23H19ClFN3O3. The third-order valence-electron chi connectivity index (χ3n) is 5.01. The van der Waals surface area contributed by atoms with Gasteiger partial charge < -0.3 is 15.0 Å². The third kappa shape index (κ3) is 4.22. The average Bonchev–Trinajstić information content (AvgIpc) is 2.86. The van der Waals surface area contributed by atoms with Crippen molar-refractivity contribution >= 4 is 29.1 Å². The number of carbonyl (C=O) groups is 2. The van der Waals surface area contributed by atoms with Crippen molar-refractivity contribution < 1.29 is 18.7 Å². The molecule has 2 aromatic carbocycles. The van der Waals surface area contributed by atoms with Crippen LogP contribution < -0.4 is 15.0 Å². The lowest BCUT2D eigenvalue weighted by Crippen LogP contribution is -2.49. The molecule has 1 aliphatic heterocycles. The first-order valence-electron chi connectivity index (χ1n) is 9.58. The Balaban J connectivity index is 1.56. The molecule has 3 aromatic rings. The van der Waals surface area contributed by atoms with Crippen LogP contribution >= 0.6 is 11.6 Å². The smallest absolute Gasteiger partial charge is 0.270 e. The van der Waals surface area contributed by atoms with Gasteiger partial charge in [0.05, 0.1) is 16.4 Å². The van der Waals surface area contributed by atoms with E-state index in [0.717, 1.165) is 5.56 Å². The van der Waals surface area contributed by atoms with Crippen molar-refractivity contribution in [3.05, 3.63) is 76.7 Å². The molecule has 0 aliphatic carbocycles. The first-order valence-corrected chi connectivity index (χ1v) is 9.95. The number of amides is 2. The summed E-state index contributed by atoms with van der Waals surface area (Å²) in [6, 6.07) is 13.3. The summed E-state index contributed by atoms with van der Waals surface area (Å²) in [6.07, 6.45) is 0. The fourth-order valence-corrected chi connectivity index (χ4v) is 3.54. The molecule has 2 heterocycles. The van der Waals surface area contributed by atoms with E-state index in [2.05, 4.69) is 10.3 Å². The Morgan fingerprint density at radius 2 is 1.94 bits per heavy atom. The van der Waals surface area contributed by atoms with E-state index >= 15 is 0 Å². The van der Waals surface area contributed by atoms with Crippen LogP contribution in [-0.2, 0) is 4.79 Å². The van der Waals surface area contributed by atoms with Crippen molar-refractivity contribution in [2.45, 2.75) is 13.0 Å². The summed E-state index contributed by atoms with van der Waals surface area (Å²) in [5, 5.41) is 3.01. The SMILES string of the molecule is Cc1ccc2c(c1)OC[C@H](NC(=O)c1ccc(Cl)c(-c3ccc(F)cc3)n1)C(=O)N2C. The summed E-state index contributed by atoms with van der Waals surface area (Å²) in [7, 11) is 1.64. The fraction of sp³-hybridized carbons (Fsp3) is 0.174. The van der Waals surface area contributed by atoms with Gasteiger partial charge in [0.2, 0.25) is 0 Å². The predicted octanol–water partition coefficient (Wildman–Crippen LogP) is 4.00. The van der Waals surface area contributed by atoms with E-state index in [1.54, 1.807) is 13.1 Å². The minimum atomic E-state index is -0.892. The molecular weight excluding hydrogens is 421 g/mol. The van der Waals surface area contributed by atoms with Crippen LogP contribution in [0.25, 0.3) is 11.3 Å². The fourth-order valence-electron chi connectivity index (χ4n) is 3.33. The van der Waals surface area contributed by atoms with E-state index < -0.39 is 11.9 Å². The number of rotatable bonds is 3. The molecule has 1 aliphatic rings. The summed E-state index contributed by atoms with van der Waals surface area (Å²) in [4.78, 5) is 31.5. The summed E-state index contributed by atoms with van der Waals surface area (Å²) in [5.41, 5.74) is 2.63. The number of fused-ring (bicyclic) bond motifs is 1. The molecule has 1 aromatic heterocycles. The first-order chi connectivity index (χ1) is 14.8.